The molecule has 0 atom stereocenters. The average molecular weight is 225 g/mol. The van der Waals surface area contributed by atoms with Gasteiger partial charge in [0.2, 0.25) is 0 Å². The van der Waals surface area contributed by atoms with E-state index in [2.05, 4.69) is 23.6 Å². The van der Waals surface area contributed by atoms with E-state index in [0.29, 0.717) is 0 Å². The van der Waals surface area contributed by atoms with Crippen LogP contribution in [0.3, 0.4) is 0 Å². The third-order valence-electron chi connectivity index (χ3n) is 4.42. The van der Waals surface area contributed by atoms with Crippen LogP contribution in [0, 0.1) is 0 Å². The molecule has 3 heteroatoms. The van der Waals surface area contributed by atoms with Crippen molar-refractivity contribution in [1.82, 2.24) is 9.80 Å². The molecule has 2 aliphatic rings. The monoisotopic (exact) mass is 225 g/mol. The Hall–Kier alpha value is -0.120. The lowest BCUT2D eigenvalue weighted by Gasteiger charge is -2.39. The second-order valence-electron chi connectivity index (χ2n) is 5.61. The van der Waals surface area contributed by atoms with Crippen LogP contribution in [0.15, 0.2) is 0 Å². The number of hydrogen-bond acceptors (Lipinski definition) is 3. The SMILES string of the molecule is CCC(N)(CC)CN1CCN(C2CC2)CC1. The van der Waals surface area contributed by atoms with Gasteiger partial charge >= 0.3 is 0 Å². The number of nitrogens with two attached hydrogens (primary N) is 1. The van der Waals surface area contributed by atoms with E-state index >= 15 is 0 Å². The maximum atomic E-state index is 6.38. The summed E-state index contributed by atoms with van der Waals surface area (Å²) in [6.45, 7) is 10.5. The van der Waals surface area contributed by atoms with E-state index in [1.54, 1.807) is 0 Å². The molecule has 0 aromatic carbocycles. The summed E-state index contributed by atoms with van der Waals surface area (Å²) in [5.41, 5.74) is 6.42. The molecule has 0 spiro atoms. The van der Waals surface area contributed by atoms with E-state index in [-0.39, 0.29) is 5.54 Å². The molecule has 0 radical (unpaired) electrons. The van der Waals surface area contributed by atoms with Crippen LogP contribution in [0.1, 0.15) is 39.5 Å². The van der Waals surface area contributed by atoms with Gasteiger partial charge in [0.15, 0.2) is 0 Å². The molecule has 0 aromatic heterocycles. The van der Waals surface area contributed by atoms with Crippen LogP contribution in [0.5, 0.6) is 0 Å². The first kappa shape index (κ1) is 12.3. The highest BCUT2D eigenvalue weighted by Gasteiger charge is 2.32. The van der Waals surface area contributed by atoms with Crippen molar-refractivity contribution in [1.29, 1.82) is 0 Å². The Kier molecular flexibility index (Phi) is 3.88. The maximum Gasteiger partial charge on any atom is 0.0278 e. The molecule has 0 aromatic rings. The number of hydrogen-bond donors (Lipinski definition) is 1. The zero-order valence-corrected chi connectivity index (χ0v) is 10.9. The van der Waals surface area contributed by atoms with Crippen molar-refractivity contribution in [3.8, 4) is 0 Å². The minimum Gasteiger partial charge on any atom is -0.324 e. The lowest BCUT2D eigenvalue weighted by Crippen LogP contribution is -2.55. The molecule has 0 amide bonds. The topological polar surface area (TPSA) is 32.5 Å². The Labute approximate surface area is 100.0 Å². The second kappa shape index (κ2) is 5.03. The maximum absolute atomic E-state index is 6.38. The molecule has 1 aliphatic carbocycles. The van der Waals surface area contributed by atoms with Crippen LogP contribution < -0.4 is 5.73 Å². The minimum atomic E-state index is 0.0434. The molecule has 1 heterocycles. The summed E-state index contributed by atoms with van der Waals surface area (Å²) < 4.78 is 0. The second-order valence-corrected chi connectivity index (χ2v) is 5.61. The summed E-state index contributed by atoms with van der Waals surface area (Å²) in [7, 11) is 0. The van der Waals surface area contributed by atoms with Crippen molar-refractivity contribution in [2.75, 3.05) is 32.7 Å². The predicted molar refractivity (Wildman–Crippen MR) is 68.5 cm³/mol. The van der Waals surface area contributed by atoms with Crippen molar-refractivity contribution in [3.63, 3.8) is 0 Å². The quantitative estimate of drug-likeness (QED) is 0.765. The standard InChI is InChI=1S/C13H27N3/c1-3-13(14,4-2)11-15-7-9-16(10-8-15)12-5-6-12/h12H,3-11,14H2,1-2H3. The zero-order chi connectivity index (χ0) is 11.6. The van der Waals surface area contributed by atoms with Crippen LogP contribution in [-0.4, -0.2) is 54.1 Å². The molecular weight excluding hydrogens is 198 g/mol. The molecule has 1 saturated carbocycles. The summed E-state index contributed by atoms with van der Waals surface area (Å²) in [6.07, 6.45) is 5.05. The van der Waals surface area contributed by atoms with Crippen molar-refractivity contribution >= 4 is 0 Å². The lowest BCUT2D eigenvalue weighted by atomic mass is 9.93. The molecule has 2 rings (SSSR count). The van der Waals surface area contributed by atoms with Gasteiger partial charge in [-0.05, 0) is 25.7 Å². The molecular formula is C13H27N3. The fourth-order valence-electron chi connectivity index (χ4n) is 2.65. The van der Waals surface area contributed by atoms with Crippen molar-refractivity contribution < 1.29 is 0 Å². The van der Waals surface area contributed by atoms with Gasteiger partial charge in [-0.15, -0.1) is 0 Å². The van der Waals surface area contributed by atoms with E-state index in [0.717, 1.165) is 25.4 Å². The molecule has 1 saturated heterocycles. The van der Waals surface area contributed by atoms with Crippen LogP contribution in [0.25, 0.3) is 0 Å². The van der Waals surface area contributed by atoms with Gasteiger partial charge in [0.05, 0.1) is 0 Å². The van der Waals surface area contributed by atoms with Gasteiger partial charge in [-0.1, -0.05) is 13.8 Å². The number of piperazine rings is 1. The van der Waals surface area contributed by atoms with Gasteiger partial charge in [-0.2, -0.15) is 0 Å². The van der Waals surface area contributed by atoms with Crippen molar-refractivity contribution in [3.05, 3.63) is 0 Å². The first-order valence-electron chi connectivity index (χ1n) is 6.92. The zero-order valence-electron chi connectivity index (χ0n) is 10.9. The molecule has 0 unspecified atom stereocenters. The van der Waals surface area contributed by atoms with Gasteiger partial charge in [0, 0.05) is 44.3 Å². The highest BCUT2D eigenvalue weighted by molar-refractivity contribution is 4.90. The minimum absolute atomic E-state index is 0.0434. The Balaban J connectivity index is 1.75. The third-order valence-corrected chi connectivity index (χ3v) is 4.42. The van der Waals surface area contributed by atoms with Gasteiger partial charge in [-0.25, -0.2) is 0 Å². The Morgan fingerprint density at radius 2 is 1.62 bits per heavy atom. The molecule has 16 heavy (non-hydrogen) atoms. The van der Waals surface area contributed by atoms with Crippen molar-refractivity contribution in [2.24, 2.45) is 5.73 Å². The summed E-state index contributed by atoms with van der Waals surface area (Å²) >= 11 is 0. The van der Waals surface area contributed by atoms with E-state index in [9.17, 15) is 0 Å². The van der Waals surface area contributed by atoms with E-state index in [1.807, 2.05) is 0 Å². The molecule has 3 nitrogen and oxygen atoms in total. The normalized spacial score (nSPS) is 24.9. The Bertz CT molecular complexity index is 213. The first-order valence-corrected chi connectivity index (χ1v) is 6.92. The first-order chi connectivity index (χ1) is 7.67. The number of rotatable bonds is 5. The fraction of sp³-hybridized carbons (Fsp3) is 1.00. The Morgan fingerprint density at radius 3 is 2.06 bits per heavy atom. The van der Waals surface area contributed by atoms with Gasteiger partial charge in [0.25, 0.3) is 0 Å². The highest BCUT2D eigenvalue weighted by Crippen LogP contribution is 2.27. The van der Waals surface area contributed by atoms with E-state index in [1.165, 1.54) is 39.0 Å². The van der Waals surface area contributed by atoms with Crippen LogP contribution in [-0.2, 0) is 0 Å². The van der Waals surface area contributed by atoms with Gasteiger partial charge in [-0.3, -0.25) is 9.80 Å². The van der Waals surface area contributed by atoms with Gasteiger partial charge in [0.1, 0.15) is 0 Å². The summed E-state index contributed by atoms with van der Waals surface area (Å²) in [5, 5.41) is 0. The van der Waals surface area contributed by atoms with Crippen molar-refractivity contribution in [2.45, 2.75) is 51.1 Å². The van der Waals surface area contributed by atoms with Crippen LogP contribution in [0.2, 0.25) is 0 Å². The lowest BCUT2D eigenvalue weighted by molar-refractivity contribution is 0.103. The van der Waals surface area contributed by atoms with Gasteiger partial charge < -0.3 is 5.73 Å². The summed E-state index contributed by atoms with van der Waals surface area (Å²) in [4.78, 5) is 5.22. The summed E-state index contributed by atoms with van der Waals surface area (Å²) in [6, 6.07) is 0.933. The smallest absolute Gasteiger partial charge is 0.0278 e. The molecule has 1 aliphatic heterocycles. The molecule has 2 fully saturated rings. The molecule has 2 N–H and O–H groups in total. The number of nitrogens with zero attached hydrogens (tertiary/aromatic N) is 2. The van der Waals surface area contributed by atoms with Crippen LogP contribution >= 0.6 is 0 Å². The van der Waals surface area contributed by atoms with E-state index < -0.39 is 0 Å². The predicted octanol–water partition coefficient (Wildman–Crippen LogP) is 1.28. The Morgan fingerprint density at radius 1 is 1.06 bits per heavy atom. The summed E-state index contributed by atoms with van der Waals surface area (Å²) in [5.74, 6) is 0. The van der Waals surface area contributed by atoms with Crippen LogP contribution in [0.4, 0.5) is 0 Å². The highest BCUT2D eigenvalue weighted by atomic mass is 15.3. The average Bonchev–Trinajstić information content (AvgIpc) is 3.14. The molecule has 0 bridgehead atoms. The van der Waals surface area contributed by atoms with E-state index in [4.69, 9.17) is 5.73 Å². The molecule has 94 valence electrons. The fourth-order valence-corrected chi connectivity index (χ4v) is 2.65. The largest absolute Gasteiger partial charge is 0.324 e. The third kappa shape index (κ3) is 2.96.